The summed E-state index contributed by atoms with van der Waals surface area (Å²) in [6.45, 7) is 7.55. The van der Waals surface area contributed by atoms with Gasteiger partial charge < -0.3 is 19.3 Å². The molecule has 0 bridgehead atoms. The van der Waals surface area contributed by atoms with Crippen LogP contribution >= 0.6 is 23.8 Å². The fourth-order valence-electron chi connectivity index (χ4n) is 7.80. The number of alkyl halides is 2. The van der Waals surface area contributed by atoms with Gasteiger partial charge in [0.15, 0.2) is 22.2 Å². The van der Waals surface area contributed by atoms with Crippen molar-refractivity contribution in [2.24, 2.45) is 22.7 Å². The van der Waals surface area contributed by atoms with Gasteiger partial charge in [-0.2, -0.15) is 0 Å². The van der Waals surface area contributed by atoms with Gasteiger partial charge in [0.2, 0.25) is 0 Å². The zero-order chi connectivity index (χ0) is 23.5. The quantitative estimate of drug-likeness (QED) is 0.447. The number of halogens is 2. The van der Waals surface area contributed by atoms with Crippen LogP contribution < -0.4 is 0 Å². The van der Waals surface area contributed by atoms with Crippen molar-refractivity contribution in [1.82, 2.24) is 0 Å². The van der Waals surface area contributed by atoms with Crippen LogP contribution in [0.2, 0.25) is 0 Å². The summed E-state index contributed by atoms with van der Waals surface area (Å²) in [4.78, 5) is 10.9. The third-order valence-corrected chi connectivity index (χ3v) is 10.5. The molecule has 0 aromatic carbocycles. The van der Waals surface area contributed by atoms with Crippen LogP contribution in [0.5, 0.6) is 0 Å². The molecule has 1 aliphatic heterocycles. The van der Waals surface area contributed by atoms with Gasteiger partial charge in [-0.15, -0.1) is 11.6 Å². The van der Waals surface area contributed by atoms with Gasteiger partial charge in [-0.05, 0) is 74.9 Å². The maximum absolute atomic E-state index is 15.6. The minimum absolute atomic E-state index is 0.120. The van der Waals surface area contributed by atoms with E-state index in [1.165, 1.54) is 19.3 Å². The molecule has 4 fully saturated rings. The summed E-state index contributed by atoms with van der Waals surface area (Å²) in [6, 6.07) is 0. The number of hydrogen-bond acceptors (Lipinski definition) is 6. The summed E-state index contributed by atoms with van der Waals surface area (Å²) in [5, 5.41) is 12.0. The molecule has 5 rings (SSSR count). The van der Waals surface area contributed by atoms with Crippen molar-refractivity contribution < 1.29 is 28.5 Å². The number of ketones is 1. The number of carbonyl (C=O) groups is 1. The van der Waals surface area contributed by atoms with Crippen molar-refractivity contribution in [2.75, 3.05) is 7.11 Å². The molecule has 0 spiro atoms. The van der Waals surface area contributed by atoms with Crippen molar-refractivity contribution >= 4 is 34.7 Å². The first-order valence-corrected chi connectivity index (χ1v) is 12.0. The summed E-state index contributed by atoms with van der Waals surface area (Å²) < 4.78 is 34.0. The van der Waals surface area contributed by atoms with Gasteiger partial charge in [0.05, 0.1) is 24.2 Å². The molecular weight excluding hydrogens is 455 g/mol. The van der Waals surface area contributed by atoms with E-state index in [0.717, 1.165) is 0 Å². The lowest BCUT2D eigenvalue weighted by atomic mass is 9.45. The van der Waals surface area contributed by atoms with E-state index in [0.29, 0.717) is 18.4 Å². The predicted octanol–water partition coefficient (Wildman–Crippen LogP) is 4.05. The van der Waals surface area contributed by atoms with E-state index in [2.05, 4.69) is 0 Å². The Balaban J connectivity index is 1.66. The number of thiocarbonyl (C=S) groups is 1. The van der Waals surface area contributed by atoms with Gasteiger partial charge in [-0.25, -0.2) is 4.39 Å². The highest BCUT2D eigenvalue weighted by Gasteiger charge is 2.79. The molecule has 1 heterocycles. The van der Waals surface area contributed by atoms with Crippen LogP contribution in [-0.2, 0) is 19.0 Å². The van der Waals surface area contributed by atoms with Gasteiger partial charge in [0.25, 0.3) is 0 Å². The highest BCUT2D eigenvalue weighted by molar-refractivity contribution is 7.80. The molecule has 176 valence electrons. The molecule has 0 radical (unpaired) electrons. The standard InChI is InChI=1S/C24H30ClFO5S/c1-20(2)30-18-10-13-14-9-16(26)15-8-12(27)6-7-21(15,3)23(14,25)17(28)11-22(13,4)24(18,31-20)19(32)29-5/h6-8,13-14,16-18,28H,9-11H2,1-5H3/t13-,14-,16-,17-,18+,21-,22-,23-,24-/m0/s1. The summed E-state index contributed by atoms with van der Waals surface area (Å²) in [6.07, 6.45) is 2.74. The second-order valence-electron chi connectivity index (χ2n) is 10.9. The lowest BCUT2D eigenvalue weighted by Crippen LogP contribution is -2.70. The number of rotatable bonds is 1. The Morgan fingerprint density at radius 1 is 1.28 bits per heavy atom. The van der Waals surface area contributed by atoms with E-state index in [4.69, 9.17) is 38.0 Å². The molecule has 0 aromatic rings. The zero-order valence-corrected chi connectivity index (χ0v) is 20.6. The Hall–Kier alpha value is -0.860. The number of hydrogen-bond donors (Lipinski definition) is 1. The average Bonchev–Trinajstić information content (AvgIpc) is 3.11. The van der Waals surface area contributed by atoms with Crippen molar-refractivity contribution in [1.29, 1.82) is 0 Å². The van der Waals surface area contributed by atoms with Crippen molar-refractivity contribution in [3.63, 3.8) is 0 Å². The van der Waals surface area contributed by atoms with E-state index in [9.17, 15) is 9.90 Å². The van der Waals surface area contributed by atoms with Crippen LogP contribution in [0, 0.1) is 22.7 Å². The van der Waals surface area contributed by atoms with Crippen molar-refractivity contribution in [2.45, 2.75) is 81.6 Å². The Labute approximate surface area is 198 Å². The monoisotopic (exact) mass is 484 g/mol. The number of aliphatic hydroxyl groups excluding tert-OH is 1. The molecule has 3 saturated carbocycles. The number of allylic oxidation sites excluding steroid dienone is 4. The fourth-order valence-corrected chi connectivity index (χ4v) is 8.70. The molecule has 4 aliphatic carbocycles. The second-order valence-corrected chi connectivity index (χ2v) is 11.9. The van der Waals surface area contributed by atoms with Crippen LogP contribution in [0.4, 0.5) is 4.39 Å². The van der Waals surface area contributed by atoms with E-state index in [-0.39, 0.29) is 29.1 Å². The molecule has 5 aliphatic rings. The van der Waals surface area contributed by atoms with Gasteiger partial charge in [-0.3, -0.25) is 4.79 Å². The molecule has 8 heteroatoms. The largest absolute Gasteiger partial charge is 0.487 e. The Bertz CT molecular complexity index is 966. The van der Waals surface area contributed by atoms with Crippen LogP contribution in [0.15, 0.2) is 23.8 Å². The summed E-state index contributed by atoms with van der Waals surface area (Å²) in [5.41, 5.74) is -2.36. The molecule has 0 unspecified atom stereocenters. The Kier molecular flexibility index (Phi) is 4.74. The van der Waals surface area contributed by atoms with E-state index in [1.54, 1.807) is 6.08 Å². The Morgan fingerprint density at radius 2 is 1.97 bits per heavy atom. The van der Waals surface area contributed by atoms with Crippen LogP contribution in [0.25, 0.3) is 0 Å². The van der Waals surface area contributed by atoms with Crippen LogP contribution in [0.1, 0.15) is 47.0 Å². The topological polar surface area (TPSA) is 65.0 Å². The maximum atomic E-state index is 15.6. The normalized spacial score (nSPS) is 53.1. The minimum atomic E-state index is -1.33. The van der Waals surface area contributed by atoms with Crippen molar-refractivity contribution in [3.05, 3.63) is 23.8 Å². The van der Waals surface area contributed by atoms with Crippen LogP contribution in [-0.4, -0.2) is 57.7 Å². The van der Waals surface area contributed by atoms with E-state index in [1.807, 2.05) is 27.7 Å². The molecule has 0 aromatic heterocycles. The number of aliphatic hydroxyl groups is 1. The average molecular weight is 485 g/mol. The number of fused-ring (bicyclic) bond motifs is 7. The molecule has 9 atom stereocenters. The summed E-state index contributed by atoms with van der Waals surface area (Å²) >= 11 is 13.1. The lowest BCUT2D eigenvalue weighted by molar-refractivity contribution is -0.209. The third kappa shape index (κ3) is 2.45. The molecule has 1 saturated heterocycles. The minimum Gasteiger partial charge on any atom is -0.487 e. The highest BCUT2D eigenvalue weighted by Crippen LogP contribution is 2.73. The molecule has 0 amide bonds. The molecular formula is C24H30ClFO5S. The smallest absolute Gasteiger partial charge is 0.195 e. The third-order valence-electron chi connectivity index (χ3n) is 9.11. The number of ether oxygens (including phenoxy) is 3. The van der Waals surface area contributed by atoms with Gasteiger partial charge in [0.1, 0.15) is 6.17 Å². The zero-order valence-electron chi connectivity index (χ0n) is 19.0. The van der Waals surface area contributed by atoms with E-state index < -0.39 is 45.5 Å². The predicted molar refractivity (Wildman–Crippen MR) is 121 cm³/mol. The lowest BCUT2D eigenvalue weighted by Gasteiger charge is -2.64. The fraction of sp³-hybridized carbons (Fsp3) is 0.750. The van der Waals surface area contributed by atoms with Gasteiger partial charge >= 0.3 is 0 Å². The van der Waals surface area contributed by atoms with Crippen LogP contribution in [0.3, 0.4) is 0 Å². The first-order chi connectivity index (χ1) is 14.8. The van der Waals surface area contributed by atoms with Gasteiger partial charge in [-0.1, -0.05) is 19.9 Å². The molecule has 5 nitrogen and oxygen atoms in total. The molecule has 32 heavy (non-hydrogen) atoms. The first-order valence-electron chi connectivity index (χ1n) is 11.2. The SMILES string of the molecule is COC(=S)[C@@]12OC(C)(C)O[C@@H]1C[C@H]1[C@@H]3C[C@H](F)C4=CC(=O)C=C[C@]4(C)[C@@]3(Cl)[C@@H](O)C[C@@]12C. The van der Waals surface area contributed by atoms with E-state index >= 15 is 4.39 Å². The Morgan fingerprint density at radius 3 is 2.62 bits per heavy atom. The summed E-state index contributed by atoms with van der Waals surface area (Å²) in [7, 11) is 1.52. The van der Waals surface area contributed by atoms with Crippen molar-refractivity contribution in [3.8, 4) is 0 Å². The summed E-state index contributed by atoms with van der Waals surface area (Å²) in [5.74, 6) is -1.63. The highest BCUT2D eigenvalue weighted by atomic mass is 35.5. The second kappa shape index (κ2) is 6.63. The first kappa shape index (κ1) is 22.9. The molecule has 1 N–H and O–H groups in total. The van der Waals surface area contributed by atoms with Gasteiger partial charge in [0, 0.05) is 10.8 Å². The maximum Gasteiger partial charge on any atom is 0.195 e. The number of methoxy groups -OCH3 is 1. The number of carbonyl (C=O) groups excluding carboxylic acids is 1.